The number of anilines is 1. The highest BCUT2D eigenvalue weighted by molar-refractivity contribution is 7.89. The van der Waals surface area contributed by atoms with E-state index >= 15 is 0 Å². The van der Waals surface area contributed by atoms with E-state index in [1.54, 1.807) is 12.1 Å². The highest BCUT2D eigenvalue weighted by atomic mass is 32.2. The van der Waals surface area contributed by atoms with Gasteiger partial charge in [-0.25, -0.2) is 12.7 Å². The summed E-state index contributed by atoms with van der Waals surface area (Å²) in [6, 6.07) is 5.04. The van der Waals surface area contributed by atoms with Gasteiger partial charge in [0.25, 0.3) is 5.91 Å². The number of carbonyl (C=O) groups excluding carboxylic acids is 1. The molecule has 7 nitrogen and oxygen atoms in total. The van der Waals surface area contributed by atoms with E-state index < -0.39 is 10.0 Å². The van der Waals surface area contributed by atoms with Crippen LogP contribution in [0.3, 0.4) is 0 Å². The molecule has 168 valence electrons. The lowest BCUT2D eigenvalue weighted by Crippen LogP contribution is -2.49. The van der Waals surface area contributed by atoms with Gasteiger partial charge < -0.3 is 9.80 Å². The van der Waals surface area contributed by atoms with Crippen molar-refractivity contribution in [3.8, 4) is 0 Å². The maximum absolute atomic E-state index is 13.5. The van der Waals surface area contributed by atoms with E-state index in [9.17, 15) is 13.2 Å². The molecule has 0 spiro atoms. The summed E-state index contributed by atoms with van der Waals surface area (Å²) in [5, 5.41) is 0. The van der Waals surface area contributed by atoms with Crippen LogP contribution in [0.15, 0.2) is 23.1 Å². The van der Waals surface area contributed by atoms with Crippen LogP contribution in [0.25, 0.3) is 0 Å². The second-order valence-electron chi connectivity index (χ2n) is 9.00. The first kappa shape index (κ1) is 23.0. The van der Waals surface area contributed by atoms with Gasteiger partial charge in [0.05, 0.1) is 10.5 Å². The maximum atomic E-state index is 13.5. The summed E-state index contributed by atoms with van der Waals surface area (Å²) in [6.45, 7) is 10.3. The Labute approximate surface area is 181 Å². The maximum Gasteiger partial charge on any atom is 0.256 e. The number of nitrogens with zero attached hydrogens (tertiary/aromatic N) is 4. The first-order chi connectivity index (χ1) is 14.2. The van der Waals surface area contributed by atoms with E-state index in [2.05, 4.69) is 23.6 Å². The van der Waals surface area contributed by atoms with Crippen LogP contribution in [-0.2, 0) is 10.0 Å². The Kier molecular flexibility index (Phi) is 7.42. The van der Waals surface area contributed by atoms with Crippen molar-refractivity contribution in [1.82, 2.24) is 14.1 Å². The lowest BCUT2D eigenvalue weighted by molar-refractivity contribution is 0.0624. The van der Waals surface area contributed by atoms with Gasteiger partial charge in [-0.15, -0.1) is 0 Å². The lowest BCUT2D eigenvalue weighted by Gasteiger charge is -2.37. The molecule has 0 aliphatic carbocycles. The molecule has 3 rings (SSSR count). The first-order valence-electron chi connectivity index (χ1n) is 11.0. The third kappa shape index (κ3) is 5.15. The molecule has 8 heteroatoms. The topological polar surface area (TPSA) is 64.2 Å². The Hall–Kier alpha value is -1.64. The van der Waals surface area contributed by atoms with Crippen molar-refractivity contribution < 1.29 is 13.2 Å². The van der Waals surface area contributed by atoms with Crippen LogP contribution in [0, 0.1) is 5.92 Å². The van der Waals surface area contributed by atoms with Gasteiger partial charge in [0.1, 0.15) is 0 Å². The summed E-state index contributed by atoms with van der Waals surface area (Å²) < 4.78 is 26.6. The summed E-state index contributed by atoms with van der Waals surface area (Å²) in [5.41, 5.74) is 1.37. The normalized spacial score (nSPS) is 19.0. The molecule has 0 radical (unpaired) electrons. The Bertz CT molecular complexity index is 840. The van der Waals surface area contributed by atoms with Crippen LogP contribution in [0.5, 0.6) is 0 Å². The van der Waals surface area contributed by atoms with Crippen LogP contribution >= 0.6 is 0 Å². The Morgan fingerprint density at radius 3 is 2.20 bits per heavy atom. The molecule has 0 atom stereocenters. The predicted octanol–water partition coefficient (Wildman–Crippen LogP) is 2.34. The molecule has 2 heterocycles. The molecule has 1 aromatic carbocycles. The fourth-order valence-corrected chi connectivity index (χ4v) is 5.22. The number of hydrogen-bond acceptors (Lipinski definition) is 5. The van der Waals surface area contributed by atoms with Gasteiger partial charge in [-0.3, -0.25) is 9.69 Å². The summed E-state index contributed by atoms with van der Waals surface area (Å²) in [5.74, 6) is 0.543. The van der Waals surface area contributed by atoms with Crippen molar-refractivity contribution in [2.45, 2.75) is 38.0 Å². The summed E-state index contributed by atoms with van der Waals surface area (Å²) in [7, 11) is -0.563. The average molecular weight is 437 g/mol. The van der Waals surface area contributed by atoms with Gasteiger partial charge >= 0.3 is 0 Å². The number of hydrogen-bond donors (Lipinski definition) is 0. The van der Waals surface area contributed by atoms with Crippen LogP contribution < -0.4 is 4.90 Å². The molecule has 2 saturated heterocycles. The van der Waals surface area contributed by atoms with Crippen LogP contribution in [-0.4, -0.2) is 88.3 Å². The number of amides is 1. The summed E-state index contributed by atoms with van der Waals surface area (Å²) in [4.78, 5) is 20.2. The molecule has 30 heavy (non-hydrogen) atoms. The third-order valence-corrected chi connectivity index (χ3v) is 7.77. The highest BCUT2D eigenvalue weighted by Gasteiger charge is 2.28. The number of piperidine rings is 1. The molecule has 0 unspecified atom stereocenters. The van der Waals surface area contributed by atoms with E-state index in [1.165, 1.54) is 24.8 Å². The number of rotatable bonds is 6. The molecule has 0 saturated carbocycles. The molecular formula is C22H36N4O3S. The third-order valence-electron chi connectivity index (χ3n) is 5.96. The number of benzene rings is 1. The molecule has 0 bridgehead atoms. The van der Waals surface area contributed by atoms with Gasteiger partial charge in [-0.05, 0) is 43.4 Å². The number of piperazine rings is 1. The van der Waals surface area contributed by atoms with Crippen molar-refractivity contribution in [3.63, 3.8) is 0 Å². The fraction of sp³-hybridized carbons (Fsp3) is 0.682. The van der Waals surface area contributed by atoms with Crippen LogP contribution in [0.1, 0.15) is 43.5 Å². The van der Waals surface area contributed by atoms with Crippen molar-refractivity contribution in [2.75, 3.05) is 64.8 Å². The summed E-state index contributed by atoms with van der Waals surface area (Å²) >= 11 is 0. The Morgan fingerprint density at radius 1 is 1.00 bits per heavy atom. The fourth-order valence-electron chi connectivity index (χ4n) is 4.29. The van der Waals surface area contributed by atoms with Crippen molar-refractivity contribution in [3.05, 3.63) is 23.8 Å². The molecule has 0 N–H and O–H groups in total. The molecule has 2 aliphatic heterocycles. The standard InChI is InChI=1S/C22H36N4O3S/c1-18(2)17-24-12-14-26(15-13-24)22(27)20-16-19(30(28,29)23(3)4)8-9-21(20)25-10-6-5-7-11-25/h8-9,16,18H,5-7,10-15,17H2,1-4H3. The van der Waals surface area contributed by atoms with Crippen LogP contribution in [0.2, 0.25) is 0 Å². The zero-order valence-electron chi connectivity index (χ0n) is 18.8. The van der Waals surface area contributed by atoms with Gasteiger partial charge in [-0.2, -0.15) is 0 Å². The van der Waals surface area contributed by atoms with Crippen LogP contribution in [0.4, 0.5) is 5.69 Å². The van der Waals surface area contributed by atoms with Gasteiger partial charge in [0.15, 0.2) is 0 Å². The number of carbonyl (C=O) groups is 1. The second-order valence-corrected chi connectivity index (χ2v) is 11.2. The molecular weight excluding hydrogens is 400 g/mol. The van der Waals surface area contributed by atoms with E-state index in [1.807, 2.05) is 11.0 Å². The van der Waals surface area contributed by atoms with E-state index in [-0.39, 0.29) is 10.8 Å². The van der Waals surface area contributed by atoms with Crippen molar-refractivity contribution in [1.29, 1.82) is 0 Å². The smallest absolute Gasteiger partial charge is 0.256 e. The highest BCUT2D eigenvalue weighted by Crippen LogP contribution is 2.29. The largest absolute Gasteiger partial charge is 0.371 e. The minimum atomic E-state index is -3.60. The molecule has 0 aromatic heterocycles. The summed E-state index contributed by atoms with van der Waals surface area (Å²) in [6.07, 6.45) is 3.39. The monoisotopic (exact) mass is 436 g/mol. The molecule has 2 aliphatic rings. The second kappa shape index (κ2) is 9.66. The minimum Gasteiger partial charge on any atom is -0.371 e. The zero-order chi connectivity index (χ0) is 21.9. The minimum absolute atomic E-state index is 0.0597. The first-order valence-corrected chi connectivity index (χ1v) is 12.5. The lowest BCUT2D eigenvalue weighted by atomic mass is 10.1. The predicted molar refractivity (Wildman–Crippen MR) is 121 cm³/mol. The average Bonchev–Trinajstić information content (AvgIpc) is 2.73. The quantitative estimate of drug-likeness (QED) is 0.685. The van der Waals surface area contributed by atoms with Gasteiger partial charge in [0, 0.05) is 65.6 Å². The van der Waals surface area contributed by atoms with E-state index in [0.717, 1.165) is 51.3 Å². The Morgan fingerprint density at radius 2 is 1.63 bits per heavy atom. The van der Waals surface area contributed by atoms with E-state index in [0.29, 0.717) is 24.6 Å². The van der Waals surface area contributed by atoms with Crippen molar-refractivity contribution in [2.24, 2.45) is 5.92 Å². The van der Waals surface area contributed by atoms with Gasteiger partial charge in [-0.1, -0.05) is 13.8 Å². The zero-order valence-corrected chi connectivity index (χ0v) is 19.6. The Balaban J connectivity index is 1.89. The SMILES string of the molecule is CC(C)CN1CCN(C(=O)c2cc(S(=O)(=O)N(C)C)ccc2N2CCCCC2)CC1. The van der Waals surface area contributed by atoms with Crippen molar-refractivity contribution >= 4 is 21.6 Å². The molecule has 2 fully saturated rings. The number of sulfonamides is 1. The molecule has 1 aromatic rings. The van der Waals surface area contributed by atoms with E-state index in [4.69, 9.17) is 0 Å². The molecule has 1 amide bonds. The van der Waals surface area contributed by atoms with Gasteiger partial charge in [0.2, 0.25) is 10.0 Å².